The van der Waals surface area contributed by atoms with Crippen molar-refractivity contribution in [2.24, 2.45) is 0 Å². The van der Waals surface area contributed by atoms with Gasteiger partial charge < -0.3 is 24.8 Å². The lowest BCUT2D eigenvalue weighted by atomic mass is 10.0. The second-order valence-corrected chi connectivity index (χ2v) is 8.13. The van der Waals surface area contributed by atoms with Crippen molar-refractivity contribution in [3.05, 3.63) is 83.3 Å². The highest BCUT2D eigenvalue weighted by atomic mass is 16.8. The molecule has 162 valence electrons. The molecule has 2 aliphatic heterocycles. The van der Waals surface area contributed by atoms with E-state index >= 15 is 0 Å². The van der Waals surface area contributed by atoms with E-state index in [9.17, 15) is 9.59 Å². The maximum atomic E-state index is 12.5. The van der Waals surface area contributed by atoms with Gasteiger partial charge in [0.15, 0.2) is 17.1 Å². The average Bonchev–Trinajstić information content (AvgIpc) is 3.22. The van der Waals surface area contributed by atoms with Crippen molar-refractivity contribution < 1.29 is 23.8 Å². The van der Waals surface area contributed by atoms with E-state index in [2.05, 4.69) is 10.6 Å². The summed E-state index contributed by atoms with van der Waals surface area (Å²) in [6.45, 7) is 4.20. The van der Waals surface area contributed by atoms with Gasteiger partial charge in [0.1, 0.15) is 6.61 Å². The number of carbonyl (C=O) groups excluding carboxylic acids is 2. The molecule has 31 heavy (non-hydrogen) atoms. The Bertz CT molecular complexity index is 988. The molecule has 0 unspecified atom stereocenters. The highest BCUT2D eigenvalue weighted by molar-refractivity contribution is 5.94. The topological polar surface area (TPSA) is 85.9 Å². The van der Waals surface area contributed by atoms with Crippen molar-refractivity contribution in [1.29, 1.82) is 0 Å². The second-order valence-electron chi connectivity index (χ2n) is 8.13. The predicted octanol–water partition coefficient (Wildman–Crippen LogP) is 2.54. The van der Waals surface area contributed by atoms with E-state index in [0.29, 0.717) is 17.1 Å². The Morgan fingerprint density at radius 3 is 2.35 bits per heavy atom. The van der Waals surface area contributed by atoms with Crippen molar-refractivity contribution in [2.75, 3.05) is 19.7 Å². The van der Waals surface area contributed by atoms with Crippen LogP contribution in [0.15, 0.2) is 72.2 Å². The molecule has 0 bridgehead atoms. The summed E-state index contributed by atoms with van der Waals surface area (Å²) >= 11 is 0. The summed E-state index contributed by atoms with van der Waals surface area (Å²) in [7, 11) is 0. The molecule has 2 heterocycles. The Labute approximate surface area is 181 Å². The molecule has 2 aromatic carbocycles. The normalized spacial score (nSPS) is 21.1. The second kappa shape index (κ2) is 8.43. The minimum Gasteiger partial charge on any atom is -0.489 e. The fourth-order valence-electron chi connectivity index (χ4n) is 3.79. The highest BCUT2D eigenvalue weighted by Crippen LogP contribution is 2.45. The Morgan fingerprint density at radius 2 is 1.65 bits per heavy atom. The monoisotopic (exact) mass is 422 g/mol. The summed E-state index contributed by atoms with van der Waals surface area (Å²) in [5.74, 6) is -0.148. The summed E-state index contributed by atoms with van der Waals surface area (Å²) in [5, 5.41) is 5.79. The van der Waals surface area contributed by atoms with Gasteiger partial charge in [-0.2, -0.15) is 0 Å². The Balaban J connectivity index is 1.42. The third-order valence-corrected chi connectivity index (χ3v) is 5.16. The molecular formula is C24H26N2O5. The van der Waals surface area contributed by atoms with Gasteiger partial charge in [-0.25, -0.2) is 0 Å². The zero-order valence-electron chi connectivity index (χ0n) is 17.6. The number of ether oxygens (including phenoxy) is 3. The minimum atomic E-state index is -0.923. The number of benzene rings is 2. The molecule has 7 heteroatoms. The molecule has 0 radical (unpaired) electrons. The molecule has 7 nitrogen and oxygen atoms in total. The molecule has 2 N–H and O–H groups in total. The van der Waals surface area contributed by atoms with Gasteiger partial charge in [0, 0.05) is 19.4 Å². The lowest BCUT2D eigenvalue weighted by Crippen LogP contribution is -2.46. The first-order chi connectivity index (χ1) is 14.9. The number of hydrogen-bond donors (Lipinski definition) is 2. The van der Waals surface area contributed by atoms with Gasteiger partial charge in [0.05, 0.1) is 19.5 Å². The van der Waals surface area contributed by atoms with Crippen LogP contribution in [-0.4, -0.2) is 42.9 Å². The quantitative estimate of drug-likeness (QED) is 0.716. The summed E-state index contributed by atoms with van der Waals surface area (Å²) in [4.78, 5) is 24.8. The third kappa shape index (κ3) is 4.72. The molecule has 2 amide bonds. The summed E-state index contributed by atoms with van der Waals surface area (Å²) in [5.41, 5.74) is 0.576. The molecule has 0 aliphatic carbocycles. The van der Waals surface area contributed by atoms with Crippen molar-refractivity contribution in [2.45, 2.75) is 31.7 Å². The third-order valence-electron chi connectivity index (χ3n) is 5.16. The molecule has 0 spiro atoms. The van der Waals surface area contributed by atoms with Gasteiger partial charge in [-0.3, -0.25) is 9.59 Å². The van der Waals surface area contributed by atoms with Crippen LogP contribution >= 0.6 is 0 Å². The molecule has 1 saturated heterocycles. The van der Waals surface area contributed by atoms with Crippen LogP contribution in [0.5, 0.6) is 0 Å². The zero-order chi connectivity index (χ0) is 21.9. The molecule has 4 rings (SSSR count). The fourth-order valence-corrected chi connectivity index (χ4v) is 3.79. The van der Waals surface area contributed by atoms with Crippen LogP contribution in [0.2, 0.25) is 0 Å². The maximum absolute atomic E-state index is 12.5. The maximum Gasteiger partial charge on any atom is 0.251 e. The zero-order valence-corrected chi connectivity index (χ0v) is 17.6. The first kappa shape index (κ1) is 20.9. The number of amides is 2. The first-order valence-electron chi connectivity index (χ1n) is 10.3. The van der Waals surface area contributed by atoms with Gasteiger partial charge in [-0.05, 0) is 17.7 Å². The first-order valence-corrected chi connectivity index (χ1v) is 10.3. The SMILES string of the molecule is CC1(C)OC2=C(CNC(=O)Cc3ccccc3)OC[C@]2(CNC(=O)c2ccccc2)O1. The lowest BCUT2D eigenvalue weighted by molar-refractivity contribution is -0.170. The van der Waals surface area contributed by atoms with E-state index in [1.165, 1.54) is 0 Å². The smallest absolute Gasteiger partial charge is 0.251 e. The van der Waals surface area contributed by atoms with E-state index < -0.39 is 11.4 Å². The van der Waals surface area contributed by atoms with Crippen LogP contribution in [0.3, 0.4) is 0 Å². The van der Waals surface area contributed by atoms with E-state index in [0.717, 1.165) is 5.56 Å². The van der Waals surface area contributed by atoms with E-state index in [1.807, 2.05) is 62.4 Å². The number of carbonyl (C=O) groups is 2. The van der Waals surface area contributed by atoms with Crippen molar-refractivity contribution in [3.63, 3.8) is 0 Å². The van der Waals surface area contributed by atoms with Gasteiger partial charge in [0.25, 0.3) is 5.91 Å². The Morgan fingerprint density at radius 1 is 0.968 bits per heavy atom. The van der Waals surface area contributed by atoms with Crippen molar-refractivity contribution >= 4 is 11.8 Å². The van der Waals surface area contributed by atoms with Crippen LogP contribution in [0.1, 0.15) is 29.8 Å². The van der Waals surface area contributed by atoms with Gasteiger partial charge in [-0.15, -0.1) is 0 Å². The van der Waals surface area contributed by atoms with Crippen LogP contribution in [-0.2, 0) is 25.4 Å². The molecule has 0 saturated carbocycles. The van der Waals surface area contributed by atoms with Gasteiger partial charge in [0.2, 0.25) is 11.7 Å². The molecular weight excluding hydrogens is 396 g/mol. The largest absolute Gasteiger partial charge is 0.489 e. The molecule has 1 fully saturated rings. The molecule has 0 aromatic heterocycles. The molecule has 1 atom stereocenters. The average molecular weight is 422 g/mol. The predicted molar refractivity (Wildman–Crippen MR) is 114 cm³/mol. The summed E-state index contributed by atoms with van der Waals surface area (Å²) in [6.07, 6.45) is 0.282. The molecule has 2 aromatic rings. The Hall–Kier alpha value is -3.32. The standard InChI is InChI=1S/C24H26N2O5/c1-23(2)30-21-19(14-25-20(27)13-17-9-5-3-6-10-17)29-16-24(21,31-23)15-26-22(28)18-11-7-4-8-12-18/h3-12H,13-16H2,1-2H3,(H,25,27)(H,26,28)/t24-/m0/s1. The van der Waals surface area contributed by atoms with Crippen LogP contribution in [0, 0.1) is 0 Å². The van der Waals surface area contributed by atoms with Crippen molar-refractivity contribution in [1.82, 2.24) is 10.6 Å². The number of fused-ring (bicyclic) bond motifs is 1. The number of nitrogens with one attached hydrogen (secondary N) is 2. The minimum absolute atomic E-state index is 0.115. The summed E-state index contributed by atoms with van der Waals surface area (Å²) in [6, 6.07) is 18.5. The number of rotatable bonds is 7. The van der Waals surface area contributed by atoms with E-state index in [4.69, 9.17) is 14.2 Å². The van der Waals surface area contributed by atoms with Crippen molar-refractivity contribution in [3.8, 4) is 0 Å². The van der Waals surface area contributed by atoms with Gasteiger partial charge >= 0.3 is 0 Å². The lowest BCUT2D eigenvalue weighted by Gasteiger charge is -2.25. The molecule has 2 aliphatic rings. The van der Waals surface area contributed by atoms with Gasteiger partial charge in [-0.1, -0.05) is 48.5 Å². The van der Waals surface area contributed by atoms with Crippen LogP contribution in [0.25, 0.3) is 0 Å². The summed E-state index contributed by atoms with van der Waals surface area (Å²) < 4.78 is 18.0. The van der Waals surface area contributed by atoms with Crippen LogP contribution < -0.4 is 10.6 Å². The Kier molecular flexibility index (Phi) is 5.69. The fraction of sp³-hybridized carbons (Fsp3) is 0.333. The van der Waals surface area contributed by atoms with Crippen LogP contribution in [0.4, 0.5) is 0 Å². The highest BCUT2D eigenvalue weighted by Gasteiger charge is 2.56. The van der Waals surface area contributed by atoms with E-state index in [1.54, 1.807) is 12.1 Å². The van der Waals surface area contributed by atoms with E-state index in [-0.39, 0.29) is 37.9 Å². The number of hydrogen-bond acceptors (Lipinski definition) is 5.